The summed E-state index contributed by atoms with van der Waals surface area (Å²) in [7, 11) is 1.81. The highest BCUT2D eigenvalue weighted by Gasteiger charge is 2.49. The maximum absolute atomic E-state index is 10.6. The highest BCUT2D eigenvalue weighted by molar-refractivity contribution is 5.96. The summed E-state index contributed by atoms with van der Waals surface area (Å²) in [5.74, 6) is -0.503. The Balaban J connectivity index is 1.58. The Hall–Kier alpha value is -2.08. The van der Waals surface area contributed by atoms with Crippen LogP contribution in [0.1, 0.15) is 12.8 Å². The molecule has 0 aromatic heterocycles. The molecule has 5 N–H and O–H groups in total. The molecule has 0 radical (unpaired) electrons. The number of carboxylic acids is 1. The van der Waals surface area contributed by atoms with E-state index in [-0.39, 0.29) is 6.42 Å². The van der Waals surface area contributed by atoms with E-state index in [9.17, 15) is 15.0 Å². The Bertz CT molecular complexity index is 626. The van der Waals surface area contributed by atoms with Crippen molar-refractivity contribution in [2.45, 2.75) is 49.6 Å². The van der Waals surface area contributed by atoms with Crippen LogP contribution in [0.15, 0.2) is 15.0 Å². The molecule has 0 aromatic rings. The summed E-state index contributed by atoms with van der Waals surface area (Å²) in [6.07, 6.45) is -0.634. The first-order valence-electron chi connectivity index (χ1n) is 8.46. The topological polar surface area (TPSA) is 157 Å². The zero-order valence-electron chi connectivity index (χ0n) is 14.4. The van der Waals surface area contributed by atoms with Gasteiger partial charge >= 0.3 is 5.97 Å². The van der Waals surface area contributed by atoms with Gasteiger partial charge in [0.25, 0.3) is 0 Å². The molecule has 3 rings (SSSR count). The molecule has 6 atom stereocenters. The van der Waals surface area contributed by atoms with Gasteiger partial charge in [-0.3, -0.25) is 9.79 Å². The molecule has 3 heterocycles. The highest BCUT2D eigenvalue weighted by atomic mass is 16.6. The monoisotopic (exact) mass is 368 g/mol. The maximum atomic E-state index is 10.6. The van der Waals surface area contributed by atoms with Gasteiger partial charge in [0.15, 0.2) is 12.4 Å². The normalized spacial score (nSPS) is 35.8. The van der Waals surface area contributed by atoms with Crippen LogP contribution in [0.5, 0.6) is 0 Å². The number of aliphatic carboxylic acids is 1. The van der Waals surface area contributed by atoms with E-state index in [1.165, 1.54) is 12.7 Å². The third kappa shape index (κ3) is 3.70. The predicted octanol–water partition coefficient (Wildman–Crippen LogP) is -2.33. The number of hydrogen-bond donors (Lipinski definition) is 4. The minimum Gasteiger partial charge on any atom is -0.481 e. The van der Waals surface area contributed by atoms with Crippen LogP contribution < -0.4 is 5.73 Å². The van der Waals surface area contributed by atoms with E-state index in [0.29, 0.717) is 25.3 Å². The van der Waals surface area contributed by atoms with Gasteiger partial charge in [-0.15, -0.1) is 0 Å². The summed E-state index contributed by atoms with van der Waals surface area (Å²) in [4.78, 5) is 26.5. The van der Waals surface area contributed by atoms with Gasteiger partial charge in [-0.2, -0.15) is 0 Å². The highest BCUT2D eigenvalue weighted by Crippen LogP contribution is 2.29. The van der Waals surface area contributed by atoms with Crippen LogP contribution in [0.3, 0.4) is 0 Å². The van der Waals surface area contributed by atoms with Gasteiger partial charge in [-0.05, 0) is 20.0 Å². The van der Waals surface area contributed by atoms with Crippen LogP contribution in [0.25, 0.3) is 0 Å². The van der Waals surface area contributed by atoms with Gasteiger partial charge in [0, 0.05) is 13.0 Å². The van der Waals surface area contributed by atoms with Crippen molar-refractivity contribution in [2.24, 2.45) is 20.7 Å². The van der Waals surface area contributed by atoms with Crippen molar-refractivity contribution < 1.29 is 24.9 Å². The van der Waals surface area contributed by atoms with E-state index >= 15 is 0 Å². The number of carboxylic acid groups (broad SMARTS) is 1. The van der Waals surface area contributed by atoms with Crippen molar-refractivity contribution in [1.82, 2.24) is 9.80 Å². The van der Waals surface area contributed by atoms with Gasteiger partial charge in [0.05, 0.1) is 6.34 Å². The molecule has 3 aliphatic heterocycles. The van der Waals surface area contributed by atoms with Crippen molar-refractivity contribution in [3.05, 3.63) is 0 Å². The average molecular weight is 368 g/mol. The van der Waals surface area contributed by atoms with Crippen LogP contribution in [0, 0.1) is 0 Å². The second-order valence-corrected chi connectivity index (χ2v) is 6.69. The lowest BCUT2D eigenvalue weighted by Crippen LogP contribution is -2.51. The predicted molar refractivity (Wildman–Crippen MR) is 93.1 cm³/mol. The number of carbonyl (C=O) groups is 1. The molecule has 144 valence electrons. The molecule has 0 aromatic carbocycles. The summed E-state index contributed by atoms with van der Waals surface area (Å²) in [6, 6.07) is -0.425. The number of aliphatic imine (C=N–C) groups is 3. The number of rotatable bonds is 7. The Kier molecular flexibility index (Phi) is 5.51. The molecule has 3 aliphatic rings. The number of likely N-dealkylation sites (N-methyl/N-ethyl adjacent to an activating group) is 1. The SMILES string of the molecule is CN(CCCC(=O)O)CC1OC(N2C=NC3C(N)=NC=NC32)[C@H](O)[C@@H]1O. The van der Waals surface area contributed by atoms with Crippen LogP contribution in [-0.2, 0) is 9.53 Å². The Morgan fingerprint density at radius 3 is 2.88 bits per heavy atom. The van der Waals surface area contributed by atoms with E-state index in [4.69, 9.17) is 15.6 Å². The molecule has 0 aliphatic carbocycles. The summed E-state index contributed by atoms with van der Waals surface area (Å²) in [5, 5.41) is 29.5. The minimum atomic E-state index is -1.13. The molecule has 1 fully saturated rings. The van der Waals surface area contributed by atoms with Crippen LogP contribution in [0.2, 0.25) is 0 Å². The van der Waals surface area contributed by atoms with Crippen LogP contribution >= 0.6 is 0 Å². The average Bonchev–Trinajstić information content (AvgIpc) is 3.12. The lowest BCUT2D eigenvalue weighted by atomic mass is 10.1. The molecule has 0 saturated carbocycles. The Labute approximate surface area is 150 Å². The van der Waals surface area contributed by atoms with E-state index in [2.05, 4.69) is 15.0 Å². The standard InChI is InChI=1S/C15H24N6O5/c1-20(4-2-3-9(22)23)5-8-11(24)12(25)15(26-8)21-7-19-10-13(16)17-6-18-14(10)21/h6-8,10-12,14-15,24-25H,2-5H2,1H3,(H,22,23)(H2,16,17,18)/t8?,10?,11-,12-,14?,15?/m1/s1. The van der Waals surface area contributed by atoms with Crippen molar-refractivity contribution in [3.63, 3.8) is 0 Å². The molecule has 4 unspecified atom stereocenters. The fraction of sp³-hybridized carbons (Fsp3) is 0.733. The molecular weight excluding hydrogens is 344 g/mol. The molecule has 11 nitrogen and oxygen atoms in total. The van der Waals surface area contributed by atoms with Crippen molar-refractivity contribution in [3.8, 4) is 0 Å². The fourth-order valence-electron chi connectivity index (χ4n) is 3.33. The van der Waals surface area contributed by atoms with Crippen LogP contribution in [0.4, 0.5) is 0 Å². The molecule has 0 bridgehead atoms. The number of nitrogens with two attached hydrogens (primary N) is 1. The van der Waals surface area contributed by atoms with Gasteiger partial charge in [-0.25, -0.2) is 9.98 Å². The number of aliphatic hydroxyl groups is 2. The number of hydrogen-bond acceptors (Lipinski definition) is 10. The quantitative estimate of drug-likeness (QED) is 0.390. The Morgan fingerprint density at radius 1 is 1.38 bits per heavy atom. The minimum absolute atomic E-state index is 0.0813. The second kappa shape index (κ2) is 7.66. The molecular formula is C15H24N6O5. The number of nitrogens with zero attached hydrogens (tertiary/aromatic N) is 5. The van der Waals surface area contributed by atoms with Crippen molar-refractivity contribution >= 4 is 24.5 Å². The molecule has 1 saturated heterocycles. The third-order valence-corrected chi connectivity index (χ3v) is 4.73. The van der Waals surface area contributed by atoms with E-state index in [1.54, 1.807) is 4.90 Å². The largest absolute Gasteiger partial charge is 0.481 e. The maximum Gasteiger partial charge on any atom is 0.303 e. The second-order valence-electron chi connectivity index (χ2n) is 6.69. The zero-order valence-corrected chi connectivity index (χ0v) is 14.4. The smallest absolute Gasteiger partial charge is 0.303 e. The van der Waals surface area contributed by atoms with Gasteiger partial charge in [0.2, 0.25) is 0 Å². The summed E-state index contributed by atoms with van der Waals surface area (Å²) in [5.41, 5.74) is 5.82. The molecule has 0 amide bonds. The third-order valence-electron chi connectivity index (χ3n) is 4.73. The van der Waals surface area contributed by atoms with Crippen molar-refractivity contribution in [1.29, 1.82) is 0 Å². The first kappa shape index (κ1) is 18.7. The van der Waals surface area contributed by atoms with Crippen LogP contribution in [-0.4, -0.2) is 106 Å². The Morgan fingerprint density at radius 2 is 2.15 bits per heavy atom. The molecule has 11 heteroatoms. The van der Waals surface area contributed by atoms with Gasteiger partial charge in [0.1, 0.15) is 36.5 Å². The number of aliphatic hydroxyl groups excluding tert-OH is 2. The van der Waals surface area contributed by atoms with E-state index in [1.807, 2.05) is 11.9 Å². The summed E-state index contributed by atoms with van der Waals surface area (Å²) in [6.45, 7) is 0.910. The summed E-state index contributed by atoms with van der Waals surface area (Å²) >= 11 is 0. The van der Waals surface area contributed by atoms with E-state index < -0.39 is 42.7 Å². The van der Waals surface area contributed by atoms with Gasteiger partial charge < -0.3 is 35.6 Å². The molecule has 0 spiro atoms. The van der Waals surface area contributed by atoms with E-state index in [0.717, 1.165) is 0 Å². The number of ether oxygens (including phenoxy) is 1. The first-order chi connectivity index (χ1) is 12.4. The number of amidine groups is 1. The lowest BCUT2D eigenvalue weighted by molar-refractivity contribution is -0.137. The summed E-state index contributed by atoms with van der Waals surface area (Å²) < 4.78 is 5.87. The number of fused-ring (bicyclic) bond motifs is 1. The fourth-order valence-corrected chi connectivity index (χ4v) is 3.33. The lowest BCUT2D eigenvalue weighted by Gasteiger charge is -2.31. The molecule has 26 heavy (non-hydrogen) atoms. The van der Waals surface area contributed by atoms with Gasteiger partial charge in [-0.1, -0.05) is 0 Å². The zero-order chi connectivity index (χ0) is 18.8. The first-order valence-corrected chi connectivity index (χ1v) is 8.46. The van der Waals surface area contributed by atoms with Crippen molar-refractivity contribution in [2.75, 3.05) is 20.1 Å².